The fraction of sp³-hybridized carbons (Fsp3) is 0.684. The number of carbonyl (C=O) groups is 1. The zero-order valence-electron chi connectivity index (χ0n) is 17.0. The number of imidazole rings is 1. The monoisotopic (exact) mass is 379 g/mol. The molecule has 1 aromatic rings. The van der Waals surface area contributed by atoms with E-state index in [0.717, 1.165) is 18.5 Å². The molecular formula is C19H33N3O3Si. The van der Waals surface area contributed by atoms with Crippen LogP contribution in [0.3, 0.4) is 0 Å². The van der Waals surface area contributed by atoms with Crippen LogP contribution >= 0.6 is 0 Å². The van der Waals surface area contributed by atoms with Gasteiger partial charge in [0, 0.05) is 37.9 Å². The van der Waals surface area contributed by atoms with Gasteiger partial charge in [-0.25, -0.2) is 9.78 Å². The van der Waals surface area contributed by atoms with Crippen LogP contribution in [0, 0.1) is 0 Å². The third-order valence-corrected chi connectivity index (χ3v) is 10.1. The Morgan fingerprint density at radius 1 is 1.46 bits per heavy atom. The summed E-state index contributed by atoms with van der Waals surface area (Å²) in [5.74, 6) is 0. The average Bonchev–Trinajstić information content (AvgIpc) is 3.10. The third kappa shape index (κ3) is 4.76. The van der Waals surface area contributed by atoms with Crippen LogP contribution in [-0.2, 0) is 22.6 Å². The zero-order valence-corrected chi connectivity index (χ0v) is 18.0. The van der Waals surface area contributed by atoms with Crippen molar-refractivity contribution in [1.82, 2.24) is 14.5 Å². The summed E-state index contributed by atoms with van der Waals surface area (Å²) in [4.78, 5) is 18.5. The molecule has 0 radical (unpaired) electrons. The van der Waals surface area contributed by atoms with Crippen LogP contribution in [0.4, 0.5) is 4.79 Å². The molecule has 0 aromatic carbocycles. The van der Waals surface area contributed by atoms with Gasteiger partial charge in [-0.05, 0) is 24.6 Å². The molecule has 0 bridgehead atoms. The Labute approximate surface area is 158 Å². The van der Waals surface area contributed by atoms with Gasteiger partial charge in [-0.15, -0.1) is 0 Å². The van der Waals surface area contributed by atoms with Gasteiger partial charge in [-0.3, -0.25) is 0 Å². The quantitative estimate of drug-likeness (QED) is 0.558. The van der Waals surface area contributed by atoms with Crippen molar-refractivity contribution in [1.29, 1.82) is 0 Å². The molecule has 2 heterocycles. The molecule has 0 N–H and O–H groups in total. The first-order chi connectivity index (χ1) is 12.0. The summed E-state index contributed by atoms with van der Waals surface area (Å²) < 4.78 is 13.9. The predicted molar refractivity (Wildman–Crippen MR) is 106 cm³/mol. The fourth-order valence-electron chi connectivity index (χ4n) is 3.01. The molecule has 2 atom stereocenters. The number of aromatic nitrogens is 2. The summed E-state index contributed by atoms with van der Waals surface area (Å²) in [7, 11) is 0.0818. The molecule has 1 saturated heterocycles. The number of hydrogen-bond acceptors (Lipinski definition) is 4. The Morgan fingerprint density at radius 2 is 2.15 bits per heavy atom. The smallest absolute Gasteiger partial charge is 0.410 e. The first kappa shape index (κ1) is 20.7. The van der Waals surface area contributed by atoms with Crippen LogP contribution in [-0.4, -0.2) is 54.2 Å². The van der Waals surface area contributed by atoms with Crippen molar-refractivity contribution in [2.45, 2.75) is 63.9 Å². The van der Waals surface area contributed by atoms with Crippen LogP contribution in [0.5, 0.6) is 0 Å². The minimum Gasteiger partial charge on any atom is -0.445 e. The summed E-state index contributed by atoms with van der Waals surface area (Å²) in [5, 5.41) is 0.140. The predicted octanol–water partition coefficient (Wildman–Crippen LogP) is 3.75. The molecule has 0 saturated carbocycles. The topological polar surface area (TPSA) is 56.6 Å². The van der Waals surface area contributed by atoms with Crippen LogP contribution in [0.1, 0.15) is 32.9 Å². The standard InChI is InChI=1S/C19H33N3O3Si/c1-8-9-24-18(23)22-13-17(25-26(6,7)19(2,3)4)11-15(22)10-16-12-20-14-21(16)5/h8,12,14-15,17H,1,9-11,13H2,2-7H3/t15-,17-/m1/s1. The van der Waals surface area contributed by atoms with E-state index in [-0.39, 0.29) is 29.9 Å². The number of hydrogen-bond donors (Lipinski definition) is 0. The lowest BCUT2D eigenvalue weighted by molar-refractivity contribution is 0.103. The highest BCUT2D eigenvalue weighted by Crippen LogP contribution is 2.39. The van der Waals surface area contributed by atoms with Gasteiger partial charge in [-0.1, -0.05) is 33.4 Å². The molecule has 146 valence electrons. The second-order valence-corrected chi connectivity index (χ2v) is 13.4. The molecule has 1 fully saturated rings. The molecule has 6 nitrogen and oxygen atoms in total. The highest BCUT2D eigenvalue weighted by Gasteiger charge is 2.44. The summed E-state index contributed by atoms with van der Waals surface area (Å²) in [5.41, 5.74) is 1.10. The Bertz CT molecular complexity index is 636. The van der Waals surface area contributed by atoms with Gasteiger partial charge in [-0.2, -0.15) is 0 Å². The van der Waals surface area contributed by atoms with Crippen molar-refractivity contribution in [3.05, 3.63) is 30.9 Å². The average molecular weight is 380 g/mol. The van der Waals surface area contributed by atoms with Crippen LogP contribution in [0.15, 0.2) is 25.2 Å². The number of likely N-dealkylation sites (tertiary alicyclic amines) is 1. The molecule has 1 amide bonds. The lowest BCUT2D eigenvalue weighted by atomic mass is 10.1. The number of nitrogens with zero attached hydrogens (tertiary/aromatic N) is 3. The van der Waals surface area contributed by atoms with Crippen molar-refractivity contribution in [3.63, 3.8) is 0 Å². The van der Waals surface area contributed by atoms with Gasteiger partial charge in [0.15, 0.2) is 8.32 Å². The maximum absolute atomic E-state index is 12.5. The normalized spacial score (nSPS) is 21.1. The SMILES string of the molecule is C=CCOC(=O)N1C[C@H](O[Si](C)(C)C(C)(C)C)C[C@H]1Cc1cncn1C. The summed E-state index contributed by atoms with van der Waals surface area (Å²) in [6, 6.07) is 0.0532. The number of carbonyl (C=O) groups excluding carboxylic acids is 1. The molecule has 0 aliphatic carbocycles. The van der Waals surface area contributed by atoms with E-state index in [0.29, 0.717) is 6.54 Å². The Balaban J connectivity index is 2.13. The van der Waals surface area contributed by atoms with Gasteiger partial charge in [0.2, 0.25) is 0 Å². The van der Waals surface area contributed by atoms with E-state index in [9.17, 15) is 4.79 Å². The van der Waals surface area contributed by atoms with Gasteiger partial charge in [0.1, 0.15) is 6.61 Å². The van der Waals surface area contributed by atoms with Crippen molar-refractivity contribution >= 4 is 14.4 Å². The van der Waals surface area contributed by atoms with E-state index >= 15 is 0 Å². The third-order valence-electron chi connectivity index (χ3n) is 5.56. The molecule has 0 unspecified atom stereocenters. The van der Waals surface area contributed by atoms with Gasteiger partial charge < -0.3 is 18.6 Å². The van der Waals surface area contributed by atoms with Crippen LogP contribution in [0.2, 0.25) is 18.1 Å². The number of ether oxygens (including phenoxy) is 1. The molecule has 2 rings (SSSR count). The first-order valence-electron chi connectivity index (χ1n) is 9.22. The van der Waals surface area contributed by atoms with Crippen molar-refractivity contribution in [2.24, 2.45) is 7.05 Å². The van der Waals surface area contributed by atoms with Crippen molar-refractivity contribution < 1.29 is 14.0 Å². The maximum atomic E-state index is 12.5. The largest absolute Gasteiger partial charge is 0.445 e. The minimum absolute atomic E-state index is 0.0467. The van der Waals surface area contributed by atoms with E-state index in [1.165, 1.54) is 0 Å². The molecular weight excluding hydrogens is 346 g/mol. The Kier molecular flexibility index (Phi) is 6.34. The molecule has 26 heavy (non-hydrogen) atoms. The second-order valence-electron chi connectivity index (χ2n) is 8.61. The van der Waals surface area contributed by atoms with Gasteiger partial charge in [0.25, 0.3) is 0 Å². The highest BCUT2D eigenvalue weighted by atomic mass is 28.4. The van der Waals surface area contributed by atoms with E-state index in [4.69, 9.17) is 9.16 Å². The first-order valence-corrected chi connectivity index (χ1v) is 12.1. The Hall–Kier alpha value is -1.60. The summed E-state index contributed by atoms with van der Waals surface area (Å²) >= 11 is 0. The molecule has 7 heteroatoms. The fourth-order valence-corrected chi connectivity index (χ4v) is 4.36. The van der Waals surface area contributed by atoms with E-state index in [1.54, 1.807) is 12.4 Å². The van der Waals surface area contributed by atoms with Crippen LogP contribution < -0.4 is 0 Å². The highest BCUT2D eigenvalue weighted by molar-refractivity contribution is 6.74. The lowest BCUT2D eigenvalue weighted by Gasteiger charge is -2.38. The van der Waals surface area contributed by atoms with Crippen molar-refractivity contribution in [3.8, 4) is 0 Å². The number of amides is 1. The molecule has 1 aliphatic rings. The van der Waals surface area contributed by atoms with Gasteiger partial charge >= 0.3 is 6.09 Å². The minimum atomic E-state index is -1.89. The van der Waals surface area contributed by atoms with E-state index in [2.05, 4.69) is 45.4 Å². The molecule has 1 aliphatic heterocycles. The lowest BCUT2D eigenvalue weighted by Crippen LogP contribution is -2.44. The number of aryl methyl sites for hydroxylation is 1. The van der Waals surface area contributed by atoms with Gasteiger partial charge in [0.05, 0.1) is 12.4 Å². The van der Waals surface area contributed by atoms with E-state index in [1.807, 2.05) is 22.7 Å². The maximum Gasteiger partial charge on any atom is 0.410 e. The second kappa shape index (κ2) is 7.96. The Morgan fingerprint density at radius 3 is 2.69 bits per heavy atom. The molecule has 0 spiro atoms. The number of rotatable bonds is 6. The van der Waals surface area contributed by atoms with Crippen molar-refractivity contribution in [2.75, 3.05) is 13.2 Å². The summed E-state index contributed by atoms with van der Waals surface area (Å²) in [6.07, 6.45) is 6.55. The molecule has 1 aromatic heterocycles. The zero-order chi connectivity index (χ0) is 19.5. The summed E-state index contributed by atoms with van der Waals surface area (Å²) in [6.45, 7) is 15.6. The van der Waals surface area contributed by atoms with E-state index < -0.39 is 8.32 Å². The van der Waals surface area contributed by atoms with Crippen LogP contribution in [0.25, 0.3) is 0 Å².